The van der Waals surface area contributed by atoms with Gasteiger partial charge in [-0.3, -0.25) is 24.6 Å². The average Bonchev–Trinajstić information content (AvgIpc) is 2.40. The summed E-state index contributed by atoms with van der Waals surface area (Å²) >= 11 is 1.18. The van der Waals surface area contributed by atoms with Crippen molar-refractivity contribution in [2.75, 3.05) is 5.75 Å². The van der Waals surface area contributed by atoms with Gasteiger partial charge >= 0.3 is 15.2 Å². The van der Waals surface area contributed by atoms with Gasteiger partial charge in [0.1, 0.15) is 0 Å². The second-order valence-corrected chi connectivity index (χ2v) is 10.0. The maximum Gasteiger partial charge on any atom is 0.363 e. The molecule has 0 amide bonds. The zero-order valence-electron chi connectivity index (χ0n) is 12.2. The maximum absolute atomic E-state index is 11.5. The van der Waals surface area contributed by atoms with Crippen molar-refractivity contribution in [3.8, 4) is 0 Å². The van der Waals surface area contributed by atoms with Crippen molar-refractivity contribution in [3.05, 3.63) is 29.6 Å². The van der Waals surface area contributed by atoms with Crippen LogP contribution in [0.1, 0.15) is 24.6 Å². The average molecular weight is 384 g/mol. The molecule has 0 spiro atoms. The van der Waals surface area contributed by atoms with Crippen LogP contribution in [0.25, 0.3) is 0 Å². The molecule has 0 unspecified atom stereocenters. The summed E-state index contributed by atoms with van der Waals surface area (Å²) in [5.41, 5.74) is 5.46. The van der Waals surface area contributed by atoms with E-state index in [0.717, 1.165) is 6.07 Å². The van der Waals surface area contributed by atoms with Crippen LogP contribution >= 0.6 is 27.0 Å². The highest BCUT2D eigenvalue weighted by Crippen LogP contribution is 2.70. The number of pyridine rings is 1. The molecule has 12 heteroatoms. The smallest absolute Gasteiger partial charge is 0.322 e. The third-order valence-corrected chi connectivity index (χ3v) is 7.70. The molecule has 6 N–H and O–H groups in total. The Bertz CT molecular complexity index is 633. The van der Waals surface area contributed by atoms with Gasteiger partial charge in [-0.2, -0.15) is 0 Å². The van der Waals surface area contributed by atoms with Crippen LogP contribution in [0.3, 0.4) is 0 Å². The van der Waals surface area contributed by atoms with Crippen LogP contribution in [-0.2, 0) is 25.4 Å². The number of rotatable bonds is 7. The maximum atomic E-state index is 11.5. The lowest BCUT2D eigenvalue weighted by Gasteiger charge is -2.29. The minimum Gasteiger partial charge on any atom is -0.322 e. The van der Waals surface area contributed by atoms with E-state index in [4.69, 9.17) is 5.73 Å². The van der Waals surface area contributed by atoms with Gasteiger partial charge in [-0.25, -0.2) is 0 Å². The number of aromatic nitrogens is 1. The molecule has 1 rings (SSSR count). The summed E-state index contributed by atoms with van der Waals surface area (Å²) in [7, 11) is -10.7. The third-order valence-electron chi connectivity index (χ3n) is 3.01. The molecule has 23 heavy (non-hydrogen) atoms. The lowest BCUT2D eigenvalue weighted by Crippen LogP contribution is -2.37. The van der Waals surface area contributed by atoms with Gasteiger partial charge in [0.25, 0.3) is 5.02 Å². The summed E-state index contributed by atoms with van der Waals surface area (Å²) in [6.45, 7) is 1.46. The van der Waals surface area contributed by atoms with E-state index in [9.17, 15) is 33.5 Å². The van der Waals surface area contributed by atoms with Crippen molar-refractivity contribution in [1.29, 1.82) is 0 Å². The molecule has 0 saturated carbocycles. The van der Waals surface area contributed by atoms with Gasteiger partial charge in [-0.1, -0.05) is 17.8 Å². The zero-order chi connectivity index (χ0) is 17.9. The Labute approximate surface area is 137 Å². The molecule has 1 aromatic rings. The van der Waals surface area contributed by atoms with Crippen molar-refractivity contribution in [3.63, 3.8) is 0 Å². The summed E-state index contributed by atoms with van der Waals surface area (Å²) in [4.78, 5) is 51.5. The van der Waals surface area contributed by atoms with E-state index in [1.54, 1.807) is 0 Å². The first kappa shape index (κ1) is 20.5. The van der Waals surface area contributed by atoms with Gasteiger partial charge < -0.3 is 19.6 Å². The van der Waals surface area contributed by atoms with Crippen molar-refractivity contribution in [1.82, 2.24) is 4.98 Å². The van der Waals surface area contributed by atoms with E-state index >= 15 is 0 Å². The first-order valence-corrected chi connectivity index (χ1v) is 10.6. The summed E-state index contributed by atoms with van der Waals surface area (Å²) in [5.74, 6) is 0.614. The Kier molecular flexibility index (Phi) is 6.72. The molecule has 0 atom stereocenters. The third kappa shape index (κ3) is 4.95. The normalized spacial score (nSPS) is 13.1. The SMILES string of the molecule is CC(=O)SCCCc1ccc(C(N)(P(=O)(O)O)P(=O)(O)O)nc1. The topological polar surface area (TPSA) is 171 Å². The Morgan fingerprint density at radius 2 is 1.83 bits per heavy atom. The van der Waals surface area contributed by atoms with E-state index in [1.165, 1.54) is 30.9 Å². The van der Waals surface area contributed by atoms with Gasteiger partial charge in [0.15, 0.2) is 5.12 Å². The summed E-state index contributed by atoms with van der Waals surface area (Å²) in [6.07, 6.45) is 2.48. The van der Waals surface area contributed by atoms with Gasteiger partial charge in [-0.15, -0.1) is 0 Å². The molecule has 0 fully saturated rings. The lowest BCUT2D eigenvalue weighted by atomic mass is 10.1. The number of hydrogen-bond donors (Lipinski definition) is 5. The van der Waals surface area contributed by atoms with Gasteiger partial charge in [-0.05, 0) is 24.5 Å². The Morgan fingerprint density at radius 3 is 2.22 bits per heavy atom. The first-order valence-electron chi connectivity index (χ1n) is 6.38. The van der Waals surface area contributed by atoms with Gasteiger partial charge in [0.2, 0.25) is 0 Å². The first-order chi connectivity index (χ1) is 10.4. The number of hydrogen-bond acceptors (Lipinski definition) is 6. The van der Waals surface area contributed by atoms with Gasteiger partial charge in [0.05, 0.1) is 5.69 Å². The van der Waals surface area contributed by atoms with E-state index in [1.807, 2.05) is 0 Å². The van der Waals surface area contributed by atoms with E-state index in [0.29, 0.717) is 24.2 Å². The molecule has 0 saturated heterocycles. The van der Waals surface area contributed by atoms with Crippen LogP contribution in [0.5, 0.6) is 0 Å². The second kappa shape index (κ2) is 7.55. The zero-order valence-corrected chi connectivity index (χ0v) is 14.8. The van der Waals surface area contributed by atoms with Crippen molar-refractivity contribution >= 4 is 32.1 Å². The molecule has 9 nitrogen and oxygen atoms in total. The number of nitrogens with zero attached hydrogens (tertiary/aromatic N) is 1. The highest BCUT2D eigenvalue weighted by molar-refractivity contribution is 8.13. The molecular formula is C11H18N2O7P2S. The minimum atomic E-state index is -5.37. The van der Waals surface area contributed by atoms with Crippen LogP contribution in [0.15, 0.2) is 18.3 Å². The van der Waals surface area contributed by atoms with Crippen LogP contribution in [0, 0.1) is 0 Å². The second-order valence-electron chi connectivity index (χ2n) is 4.81. The molecule has 0 aliphatic carbocycles. The number of thioether (sulfide) groups is 1. The van der Waals surface area contributed by atoms with Crippen molar-refractivity contribution in [2.24, 2.45) is 5.73 Å². The Hall–Kier alpha value is -0.570. The fourth-order valence-corrected chi connectivity index (χ4v) is 4.55. The Balaban J connectivity index is 2.96. The molecule has 0 bridgehead atoms. The van der Waals surface area contributed by atoms with Gasteiger partial charge in [0, 0.05) is 18.9 Å². The van der Waals surface area contributed by atoms with Crippen molar-refractivity contribution in [2.45, 2.75) is 24.8 Å². The fourth-order valence-electron chi connectivity index (χ4n) is 1.75. The molecule has 0 radical (unpaired) electrons. The number of nitrogens with two attached hydrogens (primary N) is 1. The highest BCUT2D eigenvalue weighted by Gasteiger charge is 2.60. The van der Waals surface area contributed by atoms with Crippen LogP contribution in [0.4, 0.5) is 0 Å². The molecule has 0 aliphatic rings. The predicted octanol–water partition coefficient (Wildman–Crippen LogP) is 0.718. The summed E-state index contributed by atoms with van der Waals surface area (Å²) in [6, 6.07) is 2.53. The van der Waals surface area contributed by atoms with Crippen LogP contribution < -0.4 is 5.73 Å². The van der Waals surface area contributed by atoms with Crippen molar-refractivity contribution < 1.29 is 33.5 Å². The van der Waals surface area contributed by atoms with Crippen LogP contribution in [-0.4, -0.2) is 35.4 Å². The molecule has 1 heterocycles. The lowest BCUT2D eigenvalue weighted by molar-refractivity contribution is -0.109. The van der Waals surface area contributed by atoms with E-state index in [2.05, 4.69) is 4.98 Å². The largest absolute Gasteiger partial charge is 0.363 e. The number of carbonyl (C=O) groups excluding carboxylic acids is 1. The molecule has 0 aromatic carbocycles. The quantitative estimate of drug-likeness (QED) is 0.333. The minimum absolute atomic E-state index is 0.00896. The van der Waals surface area contributed by atoms with E-state index < -0.39 is 25.9 Å². The predicted molar refractivity (Wildman–Crippen MR) is 85.7 cm³/mol. The van der Waals surface area contributed by atoms with E-state index in [-0.39, 0.29) is 5.12 Å². The molecular weight excluding hydrogens is 366 g/mol. The van der Waals surface area contributed by atoms with Crippen LogP contribution in [0.2, 0.25) is 0 Å². The molecule has 130 valence electrons. The monoisotopic (exact) mass is 384 g/mol. The fraction of sp³-hybridized carbons (Fsp3) is 0.455. The number of carbonyl (C=O) groups is 1. The highest BCUT2D eigenvalue weighted by atomic mass is 32.2. The standard InChI is InChI=1S/C11H18N2O7P2S/c1-8(14)23-6-2-3-9-4-5-10(13-7-9)11(12,21(15,16)17)22(18,19)20/h4-5,7H,2-3,6,12H2,1H3,(H2,15,16,17)(H2,18,19,20). The summed E-state index contributed by atoms with van der Waals surface area (Å²) in [5, 5.41) is -3.17. The molecule has 1 aromatic heterocycles. The number of aryl methyl sites for hydroxylation is 1. The summed E-state index contributed by atoms with van der Waals surface area (Å²) < 4.78 is 22.9. The molecule has 0 aliphatic heterocycles. The Morgan fingerprint density at radius 1 is 1.26 bits per heavy atom.